The summed E-state index contributed by atoms with van der Waals surface area (Å²) >= 11 is 17.7. The second kappa shape index (κ2) is 10.3. The van der Waals surface area contributed by atoms with E-state index in [1.165, 1.54) is 12.1 Å². The fraction of sp³-hybridized carbons (Fsp3) is 0.222. The monoisotopic (exact) mass is 431 g/mol. The Balaban J connectivity index is 1.82. The van der Waals surface area contributed by atoms with Crippen LogP contribution >= 0.6 is 34.8 Å². The lowest BCUT2D eigenvalue weighted by molar-refractivity contribution is -0.149. The molecule has 2 aromatic carbocycles. The maximum absolute atomic E-state index is 11.9. The molecule has 0 atom stereocenters. The molecule has 144 valence electrons. The van der Waals surface area contributed by atoms with Gasteiger partial charge in [0.05, 0.1) is 27.4 Å². The van der Waals surface area contributed by atoms with Crippen LogP contribution in [0.3, 0.4) is 0 Å². The first-order valence-electron chi connectivity index (χ1n) is 7.85. The highest BCUT2D eigenvalue weighted by molar-refractivity contribution is 6.44. The molecule has 6 nitrogen and oxygen atoms in total. The molecule has 0 saturated heterocycles. The predicted octanol–water partition coefficient (Wildman–Crippen LogP) is 4.61. The van der Waals surface area contributed by atoms with Crippen molar-refractivity contribution in [3.63, 3.8) is 0 Å². The van der Waals surface area contributed by atoms with Crippen molar-refractivity contribution in [3.05, 3.63) is 51.5 Å². The molecular formula is C18H16Cl3NO5. The second-order valence-electron chi connectivity index (χ2n) is 5.12. The van der Waals surface area contributed by atoms with Gasteiger partial charge in [0.2, 0.25) is 0 Å². The van der Waals surface area contributed by atoms with Crippen LogP contribution in [0.4, 0.5) is 5.69 Å². The van der Waals surface area contributed by atoms with Crippen molar-refractivity contribution in [3.8, 4) is 11.5 Å². The molecule has 0 aliphatic carbocycles. The number of esters is 1. The first-order valence-corrected chi connectivity index (χ1v) is 8.98. The summed E-state index contributed by atoms with van der Waals surface area (Å²) in [5.74, 6) is -0.377. The van der Waals surface area contributed by atoms with Crippen molar-refractivity contribution in [2.45, 2.75) is 6.92 Å². The van der Waals surface area contributed by atoms with Crippen LogP contribution in [-0.4, -0.2) is 31.7 Å². The van der Waals surface area contributed by atoms with Gasteiger partial charge in [-0.1, -0.05) is 46.9 Å². The van der Waals surface area contributed by atoms with Crippen LogP contribution in [-0.2, 0) is 14.3 Å². The van der Waals surface area contributed by atoms with Crippen LogP contribution < -0.4 is 14.8 Å². The second-order valence-corrected chi connectivity index (χ2v) is 6.35. The van der Waals surface area contributed by atoms with Crippen LogP contribution in [0.2, 0.25) is 15.1 Å². The van der Waals surface area contributed by atoms with Gasteiger partial charge in [-0.2, -0.15) is 0 Å². The number of carbonyl (C=O) groups is 2. The minimum absolute atomic E-state index is 0.208. The molecule has 0 fully saturated rings. The Kier molecular flexibility index (Phi) is 8.03. The Morgan fingerprint density at radius 2 is 1.56 bits per heavy atom. The van der Waals surface area contributed by atoms with E-state index in [2.05, 4.69) is 5.32 Å². The maximum atomic E-state index is 11.9. The first-order chi connectivity index (χ1) is 12.9. The SMILES string of the molecule is CCOc1ccccc1OCC(=O)OCC(=O)Nc1cc(Cl)c(Cl)cc1Cl. The van der Waals surface area contributed by atoms with E-state index in [9.17, 15) is 9.59 Å². The van der Waals surface area contributed by atoms with Crippen molar-refractivity contribution in [1.82, 2.24) is 0 Å². The summed E-state index contributed by atoms with van der Waals surface area (Å²) in [4.78, 5) is 23.7. The summed E-state index contributed by atoms with van der Waals surface area (Å²) in [7, 11) is 0. The largest absolute Gasteiger partial charge is 0.490 e. The number of nitrogens with one attached hydrogen (secondary N) is 1. The molecule has 0 heterocycles. The third kappa shape index (κ3) is 6.50. The van der Waals surface area contributed by atoms with E-state index in [0.717, 1.165) is 0 Å². The molecule has 0 aliphatic rings. The summed E-state index contributed by atoms with van der Waals surface area (Å²) in [5, 5.41) is 3.18. The van der Waals surface area contributed by atoms with Gasteiger partial charge in [-0.25, -0.2) is 4.79 Å². The number of hydrogen-bond donors (Lipinski definition) is 1. The third-order valence-electron chi connectivity index (χ3n) is 3.14. The Bertz CT molecular complexity index is 829. The standard InChI is InChI=1S/C18H16Cl3NO5/c1-2-25-15-5-3-4-6-16(15)26-10-18(24)27-9-17(23)22-14-8-12(20)11(19)7-13(14)21/h3-8H,2,9-10H2,1H3,(H,22,23). The average molecular weight is 433 g/mol. The highest BCUT2D eigenvalue weighted by Gasteiger charge is 2.13. The number of para-hydroxylation sites is 2. The zero-order valence-corrected chi connectivity index (χ0v) is 16.5. The number of benzene rings is 2. The van der Waals surface area contributed by atoms with Crippen LogP contribution in [0.25, 0.3) is 0 Å². The van der Waals surface area contributed by atoms with Gasteiger partial charge in [0.15, 0.2) is 24.7 Å². The molecule has 1 N–H and O–H groups in total. The van der Waals surface area contributed by atoms with E-state index in [4.69, 9.17) is 49.0 Å². The molecule has 0 aromatic heterocycles. The molecule has 9 heteroatoms. The molecule has 0 saturated carbocycles. The highest BCUT2D eigenvalue weighted by Crippen LogP contribution is 2.32. The van der Waals surface area contributed by atoms with E-state index < -0.39 is 18.5 Å². The lowest BCUT2D eigenvalue weighted by atomic mass is 10.3. The lowest BCUT2D eigenvalue weighted by Crippen LogP contribution is -2.23. The summed E-state index contributed by atoms with van der Waals surface area (Å²) in [6.07, 6.45) is 0. The molecule has 0 aliphatic heterocycles. The fourth-order valence-corrected chi connectivity index (χ4v) is 2.57. The molecule has 2 aromatic rings. The van der Waals surface area contributed by atoms with Gasteiger partial charge in [-0.3, -0.25) is 4.79 Å². The smallest absolute Gasteiger partial charge is 0.344 e. The van der Waals surface area contributed by atoms with Gasteiger partial charge < -0.3 is 19.5 Å². The fourth-order valence-electron chi connectivity index (χ4n) is 1.97. The molecule has 1 amide bonds. The molecule has 0 unspecified atom stereocenters. The summed E-state index contributed by atoms with van der Waals surface area (Å²) in [5.41, 5.74) is 0.258. The van der Waals surface area contributed by atoms with Crippen LogP contribution in [0.15, 0.2) is 36.4 Å². The summed E-state index contributed by atoms with van der Waals surface area (Å²) in [6.45, 7) is 1.42. The van der Waals surface area contributed by atoms with Crippen molar-refractivity contribution in [1.29, 1.82) is 0 Å². The first kappa shape index (κ1) is 21.2. The number of amides is 1. The van der Waals surface area contributed by atoms with Crippen molar-refractivity contribution < 1.29 is 23.8 Å². The Labute approximate surface area is 171 Å². The van der Waals surface area contributed by atoms with Gasteiger partial charge in [-0.15, -0.1) is 0 Å². The molecule has 0 radical (unpaired) electrons. The van der Waals surface area contributed by atoms with E-state index in [-0.39, 0.29) is 27.4 Å². The predicted molar refractivity (Wildman–Crippen MR) is 104 cm³/mol. The maximum Gasteiger partial charge on any atom is 0.344 e. The number of carbonyl (C=O) groups excluding carboxylic acids is 2. The Morgan fingerprint density at radius 3 is 2.22 bits per heavy atom. The number of hydrogen-bond acceptors (Lipinski definition) is 5. The molecule has 0 bridgehead atoms. The summed E-state index contributed by atoms with van der Waals surface area (Å²) < 4.78 is 15.6. The highest BCUT2D eigenvalue weighted by atomic mass is 35.5. The van der Waals surface area contributed by atoms with Crippen molar-refractivity contribution in [2.75, 3.05) is 25.1 Å². The number of ether oxygens (including phenoxy) is 3. The van der Waals surface area contributed by atoms with Crippen molar-refractivity contribution >= 4 is 52.4 Å². The van der Waals surface area contributed by atoms with Gasteiger partial charge in [0.25, 0.3) is 5.91 Å². The van der Waals surface area contributed by atoms with Gasteiger partial charge in [-0.05, 0) is 31.2 Å². The minimum Gasteiger partial charge on any atom is -0.490 e. The van der Waals surface area contributed by atoms with E-state index in [1.807, 2.05) is 6.92 Å². The number of rotatable bonds is 8. The molecule has 2 rings (SSSR count). The normalized spacial score (nSPS) is 10.2. The van der Waals surface area contributed by atoms with E-state index >= 15 is 0 Å². The Hall–Kier alpha value is -2.15. The molecule has 0 spiro atoms. The number of halogens is 3. The minimum atomic E-state index is -0.711. The van der Waals surface area contributed by atoms with Crippen LogP contribution in [0.1, 0.15) is 6.92 Å². The quantitative estimate of drug-likeness (QED) is 0.487. The van der Waals surface area contributed by atoms with E-state index in [0.29, 0.717) is 18.1 Å². The topological polar surface area (TPSA) is 73.9 Å². The zero-order chi connectivity index (χ0) is 19.8. The van der Waals surface area contributed by atoms with Gasteiger partial charge >= 0.3 is 5.97 Å². The molecule has 27 heavy (non-hydrogen) atoms. The Morgan fingerprint density at radius 1 is 0.926 bits per heavy atom. The zero-order valence-electron chi connectivity index (χ0n) is 14.3. The average Bonchev–Trinajstić information content (AvgIpc) is 2.64. The van der Waals surface area contributed by atoms with Crippen LogP contribution in [0.5, 0.6) is 11.5 Å². The van der Waals surface area contributed by atoms with Gasteiger partial charge in [0.1, 0.15) is 0 Å². The summed E-state index contributed by atoms with van der Waals surface area (Å²) in [6, 6.07) is 9.72. The van der Waals surface area contributed by atoms with Crippen molar-refractivity contribution in [2.24, 2.45) is 0 Å². The number of anilines is 1. The molecular weight excluding hydrogens is 417 g/mol. The third-order valence-corrected chi connectivity index (χ3v) is 4.18. The van der Waals surface area contributed by atoms with Crippen LogP contribution in [0, 0.1) is 0 Å². The van der Waals surface area contributed by atoms with E-state index in [1.54, 1.807) is 24.3 Å². The lowest BCUT2D eigenvalue weighted by Gasteiger charge is -2.12. The van der Waals surface area contributed by atoms with Gasteiger partial charge in [0, 0.05) is 0 Å².